The van der Waals surface area contributed by atoms with E-state index in [0.29, 0.717) is 24.0 Å². The van der Waals surface area contributed by atoms with Gasteiger partial charge in [-0.25, -0.2) is 4.98 Å². The molecule has 1 aromatic carbocycles. The molecule has 32 heavy (non-hydrogen) atoms. The molecule has 0 radical (unpaired) electrons. The van der Waals surface area contributed by atoms with Crippen molar-refractivity contribution in [1.82, 2.24) is 14.9 Å². The Morgan fingerprint density at radius 1 is 1.31 bits per heavy atom. The van der Waals surface area contributed by atoms with Gasteiger partial charge in [-0.1, -0.05) is 24.8 Å². The van der Waals surface area contributed by atoms with Crippen LogP contribution < -0.4 is 20.3 Å². The smallest absolute Gasteiger partial charge is 0.263 e. The number of aryl methyl sites for hydroxylation is 2. The Morgan fingerprint density at radius 2 is 2.16 bits per heavy atom. The number of fused-ring (bicyclic) bond motifs is 4. The molecule has 2 aromatic heterocycles. The minimum absolute atomic E-state index is 0.0340. The average Bonchev–Trinajstić information content (AvgIpc) is 3.50. The van der Waals surface area contributed by atoms with Gasteiger partial charge in [0.2, 0.25) is 12.7 Å². The van der Waals surface area contributed by atoms with Crippen LogP contribution in [0, 0.1) is 0 Å². The van der Waals surface area contributed by atoms with Crippen LogP contribution in [-0.4, -0.2) is 27.5 Å². The summed E-state index contributed by atoms with van der Waals surface area (Å²) in [5.41, 5.74) is 2.17. The molecule has 1 unspecified atom stereocenters. The van der Waals surface area contributed by atoms with Crippen LogP contribution in [0.1, 0.15) is 42.7 Å². The molecular weight excluding hydrogens is 446 g/mol. The summed E-state index contributed by atoms with van der Waals surface area (Å²) in [5, 5.41) is 4.00. The maximum atomic E-state index is 13.3. The number of nitrogens with zero attached hydrogens (tertiary/aromatic N) is 2. The summed E-state index contributed by atoms with van der Waals surface area (Å²) in [6.07, 6.45) is 3.94. The van der Waals surface area contributed by atoms with E-state index in [-0.39, 0.29) is 23.5 Å². The Bertz CT molecular complexity index is 1250. The number of hydrogen-bond acceptors (Lipinski definition) is 7. The predicted molar refractivity (Wildman–Crippen MR) is 126 cm³/mol. The van der Waals surface area contributed by atoms with Gasteiger partial charge in [0.25, 0.3) is 5.56 Å². The van der Waals surface area contributed by atoms with Gasteiger partial charge in [0.05, 0.1) is 10.6 Å². The number of rotatable bonds is 7. The minimum atomic E-state index is -0.386. The van der Waals surface area contributed by atoms with Gasteiger partial charge in [0.1, 0.15) is 4.83 Å². The molecule has 0 bridgehead atoms. The van der Waals surface area contributed by atoms with Crippen molar-refractivity contribution in [1.29, 1.82) is 0 Å². The second-order valence-corrected chi connectivity index (χ2v) is 10.4. The van der Waals surface area contributed by atoms with Crippen LogP contribution in [-0.2, 0) is 30.7 Å². The Morgan fingerprint density at radius 3 is 3.00 bits per heavy atom. The molecule has 1 N–H and O–H groups in total. The average molecular weight is 472 g/mol. The Kier molecular flexibility index (Phi) is 5.86. The fourth-order valence-electron chi connectivity index (χ4n) is 4.16. The number of nitrogens with one attached hydrogen (secondary N) is 1. The van der Waals surface area contributed by atoms with E-state index in [0.717, 1.165) is 47.2 Å². The maximum absolute atomic E-state index is 13.3. The van der Waals surface area contributed by atoms with Crippen molar-refractivity contribution in [2.24, 2.45) is 0 Å². The molecule has 1 aliphatic heterocycles. The molecule has 7 nitrogen and oxygen atoms in total. The summed E-state index contributed by atoms with van der Waals surface area (Å²) >= 11 is 2.98. The topological polar surface area (TPSA) is 82.5 Å². The molecular formula is C23H25N3O4S2. The fraction of sp³-hybridized carbons (Fsp3) is 0.435. The number of hydrogen-bond donors (Lipinski definition) is 1. The highest BCUT2D eigenvalue weighted by atomic mass is 32.2. The largest absolute Gasteiger partial charge is 0.454 e. The Hall–Kier alpha value is -2.52. The lowest BCUT2D eigenvalue weighted by Gasteiger charge is -2.15. The number of carbonyl (C=O) groups excluding carboxylic acids is 1. The zero-order valence-electron chi connectivity index (χ0n) is 18.1. The number of carbonyl (C=O) groups is 1. The first kappa shape index (κ1) is 21.3. The lowest BCUT2D eigenvalue weighted by Crippen LogP contribution is -2.31. The van der Waals surface area contributed by atoms with Crippen LogP contribution in [0.25, 0.3) is 10.2 Å². The van der Waals surface area contributed by atoms with E-state index in [9.17, 15) is 9.59 Å². The van der Waals surface area contributed by atoms with Crippen LogP contribution in [0.4, 0.5) is 0 Å². The number of amides is 1. The third-order valence-corrected chi connectivity index (χ3v) is 8.07. The molecule has 1 atom stereocenters. The second-order valence-electron chi connectivity index (χ2n) is 8.05. The number of thiophene rings is 1. The van der Waals surface area contributed by atoms with E-state index in [4.69, 9.17) is 14.5 Å². The van der Waals surface area contributed by atoms with Crippen molar-refractivity contribution in [2.75, 3.05) is 6.79 Å². The summed E-state index contributed by atoms with van der Waals surface area (Å²) in [6, 6.07) is 5.64. The molecule has 1 aliphatic carbocycles. The molecule has 0 fully saturated rings. The van der Waals surface area contributed by atoms with E-state index in [2.05, 4.69) is 5.32 Å². The van der Waals surface area contributed by atoms with Gasteiger partial charge < -0.3 is 14.8 Å². The third kappa shape index (κ3) is 3.88. The fourth-order valence-corrected chi connectivity index (χ4v) is 6.43. The van der Waals surface area contributed by atoms with Gasteiger partial charge >= 0.3 is 0 Å². The highest BCUT2D eigenvalue weighted by molar-refractivity contribution is 8.00. The van der Waals surface area contributed by atoms with Crippen molar-refractivity contribution in [3.05, 3.63) is 44.6 Å². The molecule has 2 aliphatic rings. The molecule has 9 heteroatoms. The van der Waals surface area contributed by atoms with Crippen molar-refractivity contribution < 1.29 is 14.3 Å². The zero-order chi connectivity index (χ0) is 22.2. The molecule has 1 amide bonds. The predicted octanol–water partition coefficient (Wildman–Crippen LogP) is 3.88. The molecule has 0 saturated heterocycles. The molecule has 3 aromatic rings. The third-order valence-electron chi connectivity index (χ3n) is 5.79. The van der Waals surface area contributed by atoms with E-state index < -0.39 is 0 Å². The van der Waals surface area contributed by atoms with Crippen LogP contribution in [0.5, 0.6) is 11.5 Å². The highest BCUT2D eigenvalue weighted by Gasteiger charge is 2.25. The number of aromatic nitrogens is 2. The standard InChI is InChI=1S/C23H25N3O4S2/c1-3-9-26-22(28)19-15-5-4-6-18(15)32-21(19)25-23(26)31-13(2)20(27)24-11-14-7-8-16-17(10-14)30-12-29-16/h7-8,10,13H,3-6,9,11-12H2,1-2H3,(H,24,27). The lowest BCUT2D eigenvalue weighted by atomic mass is 10.2. The van der Waals surface area contributed by atoms with Gasteiger partial charge in [-0.15, -0.1) is 11.3 Å². The van der Waals surface area contributed by atoms with Crippen molar-refractivity contribution >= 4 is 39.2 Å². The number of thioether (sulfide) groups is 1. The quantitative estimate of drug-likeness (QED) is 0.416. The van der Waals surface area contributed by atoms with Crippen LogP contribution in [0.3, 0.4) is 0 Å². The van der Waals surface area contributed by atoms with Crippen LogP contribution >= 0.6 is 23.1 Å². The van der Waals surface area contributed by atoms with Gasteiger partial charge in [-0.2, -0.15) is 0 Å². The first-order chi connectivity index (χ1) is 15.5. The van der Waals surface area contributed by atoms with Gasteiger partial charge in [-0.3, -0.25) is 14.2 Å². The molecule has 5 rings (SSSR count). The monoisotopic (exact) mass is 471 g/mol. The minimum Gasteiger partial charge on any atom is -0.454 e. The summed E-state index contributed by atoms with van der Waals surface area (Å²) in [4.78, 5) is 33.0. The number of benzene rings is 1. The normalized spacial score (nSPS) is 15.2. The lowest BCUT2D eigenvalue weighted by molar-refractivity contribution is -0.120. The van der Waals surface area contributed by atoms with E-state index in [1.807, 2.05) is 32.0 Å². The van der Waals surface area contributed by atoms with Gasteiger partial charge in [-0.05, 0) is 55.9 Å². The molecule has 168 valence electrons. The van der Waals surface area contributed by atoms with Crippen LogP contribution in [0.15, 0.2) is 28.2 Å². The highest BCUT2D eigenvalue weighted by Crippen LogP contribution is 2.36. The van der Waals surface area contributed by atoms with Crippen LogP contribution in [0.2, 0.25) is 0 Å². The summed E-state index contributed by atoms with van der Waals surface area (Å²) in [5.74, 6) is 1.32. The molecule has 0 spiro atoms. The van der Waals surface area contributed by atoms with Crippen molar-refractivity contribution in [2.45, 2.75) is 63.0 Å². The SMILES string of the molecule is CCCn1c(SC(C)C(=O)NCc2ccc3c(c2)OCO3)nc2sc3c(c2c1=O)CCC3. The Balaban J connectivity index is 1.33. The van der Waals surface area contributed by atoms with Gasteiger partial charge in [0, 0.05) is 18.0 Å². The number of ether oxygens (including phenoxy) is 2. The van der Waals surface area contributed by atoms with E-state index in [1.165, 1.54) is 22.2 Å². The van der Waals surface area contributed by atoms with E-state index >= 15 is 0 Å². The summed E-state index contributed by atoms with van der Waals surface area (Å²) in [6.45, 7) is 5.11. The maximum Gasteiger partial charge on any atom is 0.263 e. The first-order valence-corrected chi connectivity index (χ1v) is 12.6. The van der Waals surface area contributed by atoms with Gasteiger partial charge in [0.15, 0.2) is 16.7 Å². The van der Waals surface area contributed by atoms with Crippen molar-refractivity contribution in [3.8, 4) is 11.5 Å². The van der Waals surface area contributed by atoms with Crippen molar-refractivity contribution in [3.63, 3.8) is 0 Å². The summed E-state index contributed by atoms with van der Waals surface area (Å²) < 4.78 is 12.5. The molecule has 3 heterocycles. The molecule has 0 saturated carbocycles. The summed E-state index contributed by atoms with van der Waals surface area (Å²) in [7, 11) is 0. The first-order valence-electron chi connectivity index (χ1n) is 10.9. The van der Waals surface area contributed by atoms with E-state index in [1.54, 1.807) is 15.9 Å². The Labute approximate surface area is 194 Å². The zero-order valence-corrected chi connectivity index (χ0v) is 19.7. The second kappa shape index (κ2) is 8.78.